The van der Waals surface area contributed by atoms with Gasteiger partial charge in [0.2, 0.25) is 5.91 Å². The number of nitrogens with one attached hydrogen (secondary N) is 1. The highest BCUT2D eigenvalue weighted by molar-refractivity contribution is 5.86. The van der Waals surface area contributed by atoms with Crippen molar-refractivity contribution >= 4 is 11.6 Å². The molecule has 0 radical (unpaired) electrons. The summed E-state index contributed by atoms with van der Waals surface area (Å²) in [5, 5.41) is 11.9. The van der Waals surface area contributed by atoms with Crippen molar-refractivity contribution in [1.82, 2.24) is 5.32 Å². The molecule has 0 aliphatic rings. The lowest BCUT2D eigenvalue weighted by Crippen LogP contribution is -2.30. The molecule has 0 fully saturated rings. The van der Waals surface area contributed by atoms with Crippen LogP contribution in [0.5, 0.6) is 0 Å². The first-order chi connectivity index (χ1) is 10.8. The quantitative estimate of drug-likeness (QED) is 0.455. The van der Waals surface area contributed by atoms with Crippen LogP contribution in [0.15, 0.2) is 43.0 Å². The maximum atomic E-state index is 10.9. The number of ether oxygens (including phenoxy) is 1. The Kier molecular flexibility index (Phi) is 9.74. The highest BCUT2D eigenvalue weighted by atomic mass is 16.5. The van der Waals surface area contributed by atoms with Crippen LogP contribution in [-0.2, 0) is 9.53 Å². The van der Waals surface area contributed by atoms with E-state index >= 15 is 0 Å². The number of nitrogens with zero attached hydrogens (tertiary/aromatic N) is 1. The monoisotopic (exact) mass is 306 g/mol. The van der Waals surface area contributed by atoms with Crippen LogP contribution in [0.25, 0.3) is 0 Å². The molecule has 0 unspecified atom stereocenters. The molecule has 0 spiro atoms. The summed E-state index contributed by atoms with van der Waals surface area (Å²) in [5.41, 5.74) is 1.09. The number of unbranched alkanes of at least 4 members (excludes halogenated alkanes) is 1. The van der Waals surface area contributed by atoms with E-state index in [0.717, 1.165) is 25.1 Å². The fourth-order valence-corrected chi connectivity index (χ4v) is 2.02. The van der Waals surface area contributed by atoms with Gasteiger partial charge in [-0.25, -0.2) is 0 Å². The summed E-state index contributed by atoms with van der Waals surface area (Å²) < 4.78 is 5.61. The minimum Gasteiger partial charge on any atom is -0.395 e. The van der Waals surface area contributed by atoms with E-state index in [2.05, 4.69) is 16.8 Å². The Morgan fingerprint density at radius 1 is 1.23 bits per heavy atom. The number of hydrogen-bond donors (Lipinski definition) is 2. The summed E-state index contributed by atoms with van der Waals surface area (Å²) >= 11 is 0. The molecule has 0 aliphatic carbocycles. The average molecular weight is 306 g/mol. The molecule has 1 aromatic carbocycles. The van der Waals surface area contributed by atoms with Gasteiger partial charge in [-0.15, -0.1) is 0 Å². The van der Waals surface area contributed by atoms with E-state index in [1.807, 2.05) is 30.3 Å². The van der Waals surface area contributed by atoms with Gasteiger partial charge >= 0.3 is 0 Å². The molecule has 0 aromatic heterocycles. The SMILES string of the molecule is C=CC(=O)NCCCCOCCN(CCO)c1ccccc1. The molecule has 1 amide bonds. The first-order valence-electron chi connectivity index (χ1n) is 7.66. The van der Waals surface area contributed by atoms with E-state index in [0.29, 0.717) is 26.3 Å². The Morgan fingerprint density at radius 3 is 2.68 bits per heavy atom. The smallest absolute Gasteiger partial charge is 0.243 e. The number of anilines is 1. The van der Waals surface area contributed by atoms with Gasteiger partial charge in [-0.05, 0) is 31.1 Å². The summed E-state index contributed by atoms with van der Waals surface area (Å²) in [6.45, 7) is 6.81. The van der Waals surface area contributed by atoms with Crippen molar-refractivity contribution in [2.45, 2.75) is 12.8 Å². The molecule has 0 bridgehead atoms. The summed E-state index contributed by atoms with van der Waals surface area (Å²) in [7, 11) is 0. The van der Waals surface area contributed by atoms with E-state index in [-0.39, 0.29) is 12.5 Å². The number of aliphatic hydroxyl groups excluding tert-OH is 1. The van der Waals surface area contributed by atoms with Gasteiger partial charge < -0.3 is 20.1 Å². The number of amides is 1. The lowest BCUT2D eigenvalue weighted by atomic mass is 10.3. The molecule has 0 saturated carbocycles. The molecule has 1 aromatic rings. The second kappa shape index (κ2) is 11.8. The Balaban J connectivity index is 2.11. The molecule has 5 nitrogen and oxygen atoms in total. The highest BCUT2D eigenvalue weighted by Crippen LogP contribution is 2.12. The minimum atomic E-state index is -0.136. The third kappa shape index (κ3) is 7.81. The zero-order valence-corrected chi connectivity index (χ0v) is 13.0. The van der Waals surface area contributed by atoms with Crippen LogP contribution in [-0.4, -0.2) is 50.5 Å². The van der Waals surface area contributed by atoms with Crippen LogP contribution in [0, 0.1) is 0 Å². The summed E-state index contributed by atoms with van der Waals surface area (Å²) in [4.78, 5) is 13.0. The molecule has 0 heterocycles. The van der Waals surface area contributed by atoms with Crippen molar-refractivity contribution in [1.29, 1.82) is 0 Å². The van der Waals surface area contributed by atoms with E-state index < -0.39 is 0 Å². The molecule has 0 aliphatic heterocycles. The van der Waals surface area contributed by atoms with E-state index in [1.165, 1.54) is 6.08 Å². The molecule has 2 N–H and O–H groups in total. The molecular formula is C17H26N2O3. The van der Waals surface area contributed by atoms with Crippen LogP contribution >= 0.6 is 0 Å². The Morgan fingerprint density at radius 2 is 2.00 bits per heavy atom. The Bertz CT molecular complexity index is 423. The number of hydrogen-bond acceptors (Lipinski definition) is 4. The molecule has 0 atom stereocenters. The average Bonchev–Trinajstić information content (AvgIpc) is 2.56. The van der Waals surface area contributed by atoms with Gasteiger partial charge in [0.15, 0.2) is 0 Å². The van der Waals surface area contributed by atoms with E-state index in [1.54, 1.807) is 0 Å². The van der Waals surface area contributed by atoms with Gasteiger partial charge in [0.05, 0.1) is 13.2 Å². The zero-order valence-electron chi connectivity index (χ0n) is 13.0. The van der Waals surface area contributed by atoms with Gasteiger partial charge in [0, 0.05) is 31.9 Å². The van der Waals surface area contributed by atoms with Crippen LogP contribution in [0.4, 0.5) is 5.69 Å². The van der Waals surface area contributed by atoms with Crippen molar-refractivity contribution < 1.29 is 14.6 Å². The zero-order chi connectivity index (χ0) is 16.0. The van der Waals surface area contributed by atoms with Gasteiger partial charge in [0.25, 0.3) is 0 Å². The van der Waals surface area contributed by atoms with Gasteiger partial charge in [-0.2, -0.15) is 0 Å². The molecule has 1 rings (SSSR count). The van der Waals surface area contributed by atoms with Crippen molar-refractivity contribution in [3.05, 3.63) is 43.0 Å². The number of benzene rings is 1. The van der Waals surface area contributed by atoms with Crippen molar-refractivity contribution in [3.8, 4) is 0 Å². The van der Waals surface area contributed by atoms with Crippen LogP contribution in [0.3, 0.4) is 0 Å². The lowest BCUT2D eigenvalue weighted by Gasteiger charge is -2.23. The highest BCUT2D eigenvalue weighted by Gasteiger charge is 2.04. The maximum Gasteiger partial charge on any atom is 0.243 e. The van der Waals surface area contributed by atoms with Crippen molar-refractivity contribution in [2.24, 2.45) is 0 Å². The number of para-hydroxylation sites is 1. The third-order valence-electron chi connectivity index (χ3n) is 3.20. The van der Waals surface area contributed by atoms with E-state index in [9.17, 15) is 4.79 Å². The van der Waals surface area contributed by atoms with Crippen molar-refractivity contribution in [2.75, 3.05) is 44.4 Å². The van der Waals surface area contributed by atoms with Crippen molar-refractivity contribution in [3.63, 3.8) is 0 Å². The van der Waals surface area contributed by atoms with Crippen LogP contribution in [0.1, 0.15) is 12.8 Å². The molecule has 5 heteroatoms. The fraction of sp³-hybridized carbons (Fsp3) is 0.471. The summed E-state index contributed by atoms with van der Waals surface area (Å²) in [6.07, 6.45) is 3.07. The minimum absolute atomic E-state index is 0.123. The normalized spacial score (nSPS) is 10.2. The first-order valence-corrected chi connectivity index (χ1v) is 7.66. The summed E-state index contributed by atoms with van der Waals surface area (Å²) in [5.74, 6) is -0.136. The second-order valence-electron chi connectivity index (χ2n) is 4.86. The first kappa shape index (κ1) is 18.2. The van der Waals surface area contributed by atoms with Gasteiger partial charge in [-0.3, -0.25) is 4.79 Å². The molecular weight excluding hydrogens is 280 g/mol. The predicted molar refractivity (Wildman–Crippen MR) is 89.0 cm³/mol. The van der Waals surface area contributed by atoms with Gasteiger partial charge in [-0.1, -0.05) is 24.8 Å². The Hall–Kier alpha value is -1.85. The second-order valence-corrected chi connectivity index (χ2v) is 4.86. The summed E-state index contributed by atoms with van der Waals surface area (Å²) in [6, 6.07) is 9.99. The standard InChI is InChI=1S/C17H26N2O3/c1-2-17(21)18-10-6-7-14-22-15-12-19(11-13-20)16-8-4-3-5-9-16/h2-5,8-9,20H,1,6-7,10-15H2,(H,18,21). The largest absolute Gasteiger partial charge is 0.395 e. The molecule has 0 saturated heterocycles. The number of rotatable bonds is 12. The van der Waals surface area contributed by atoms with Crippen LogP contribution in [0.2, 0.25) is 0 Å². The molecule has 122 valence electrons. The number of carbonyl (C=O) groups excluding carboxylic acids is 1. The number of aliphatic hydroxyl groups is 1. The Labute approximate surface area is 132 Å². The topological polar surface area (TPSA) is 61.8 Å². The maximum absolute atomic E-state index is 10.9. The van der Waals surface area contributed by atoms with Gasteiger partial charge in [0.1, 0.15) is 0 Å². The third-order valence-corrected chi connectivity index (χ3v) is 3.20. The fourth-order valence-electron chi connectivity index (χ4n) is 2.02. The number of carbonyl (C=O) groups is 1. The lowest BCUT2D eigenvalue weighted by molar-refractivity contribution is -0.116. The van der Waals surface area contributed by atoms with E-state index in [4.69, 9.17) is 9.84 Å². The predicted octanol–water partition coefficient (Wildman–Crippen LogP) is 1.58. The van der Waals surface area contributed by atoms with Crippen LogP contribution < -0.4 is 10.2 Å². The molecule has 22 heavy (non-hydrogen) atoms.